The summed E-state index contributed by atoms with van der Waals surface area (Å²) in [6, 6.07) is 0. The molecule has 0 radical (unpaired) electrons. The van der Waals surface area contributed by atoms with Gasteiger partial charge in [0.1, 0.15) is 0 Å². The van der Waals surface area contributed by atoms with E-state index in [1.54, 1.807) is 4.90 Å². The van der Waals surface area contributed by atoms with Crippen LogP contribution in [0, 0.1) is 0 Å². The molecule has 1 atom stereocenters. The van der Waals surface area contributed by atoms with E-state index in [0.717, 1.165) is 0 Å². The number of piperazine rings is 1. The molecule has 1 amide bonds. The molecule has 8 heteroatoms. The van der Waals surface area contributed by atoms with Gasteiger partial charge in [-0.1, -0.05) is 22.9 Å². The van der Waals surface area contributed by atoms with Crippen LogP contribution in [0.2, 0.25) is 0 Å². The van der Waals surface area contributed by atoms with Crippen molar-refractivity contribution < 1.29 is 13.2 Å². The van der Waals surface area contributed by atoms with Crippen molar-refractivity contribution in [3.63, 3.8) is 0 Å². The first-order valence-electron chi connectivity index (χ1n) is 5.07. The van der Waals surface area contributed by atoms with Crippen LogP contribution in [-0.2, 0) is 15.0 Å². The van der Waals surface area contributed by atoms with Crippen molar-refractivity contribution in [2.24, 2.45) is 5.14 Å². The van der Waals surface area contributed by atoms with E-state index in [1.165, 1.54) is 4.31 Å². The Bertz CT molecular complexity index is 352. The van der Waals surface area contributed by atoms with Crippen LogP contribution in [0.15, 0.2) is 0 Å². The molecule has 1 unspecified atom stereocenters. The smallest absolute Gasteiger partial charge is 0.277 e. The molecule has 1 rings (SSSR count). The summed E-state index contributed by atoms with van der Waals surface area (Å²) < 4.78 is 23.3. The van der Waals surface area contributed by atoms with Crippen molar-refractivity contribution >= 4 is 32.0 Å². The monoisotopic (exact) mass is 313 g/mol. The molecule has 1 fully saturated rings. The van der Waals surface area contributed by atoms with Gasteiger partial charge in [0.2, 0.25) is 5.91 Å². The molecule has 0 aromatic rings. The van der Waals surface area contributed by atoms with Gasteiger partial charge < -0.3 is 4.90 Å². The fourth-order valence-corrected chi connectivity index (χ4v) is 2.50. The van der Waals surface area contributed by atoms with Crippen LogP contribution in [0.5, 0.6) is 0 Å². The number of amides is 1. The Labute approximate surface area is 104 Å². The maximum absolute atomic E-state index is 11.8. The highest BCUT2D eigenvalue weighted by molar-refractivity contribution is 9.10. The van der Waals surface area contributed by atoms with Gasteiger partial charge in [-0.2, -0.15) is 12.7 Å². The van der Waals surface area contributed by atoms with Crippen molar-refractivity contribution in [3.8, 4) is 0 Å². The van der Waals surface area contributed by atoms with Crippen LogP contribution >= 0.6 is 15.9 Å². The average Bonchev–Trinajstić information content (AvgIpc) is 2.26. The number of halogens is 1. The van der Waals surface area contributed by atoms with E-state index in [0.29, 0.717) is 19.5 Å². The van der Waals surface area contributed by atoms with Crippen molar-refractivity contribution in [1.29, 1.82) is 0 Å². The second-order valence-electron chi connectivity index (χ2n) is 3.65. The van der Waals surface area contributed by atoms with E-state index in [4.69, 9.17) is 5.14 Å². The molecule has 0 aromatic heterocycles. The molecule has 1 aliphatic heterocycles. The summed E-state index contributed by atoms with van der Waals surface area (Å²) in [6.45, 7) is 3.26. The minimum absolute atomic E-state index is 0.0107. The van der Waals surface area contributed by atoms with E-state index in [1.807, 2.05) is 6.92 Å². The minimum atomic E-state index is -3.62. The number of carbonyl (C=O) groups is 1. The van der Waals surface area contributed by atoms with E-state index in [9.17, 15) is 13.2 Å². The van der Waals surface area contributed by atoms with Gasteiger partial charge >= 0.3 is 0 Å². The average molecular weight is 314 g/mol. The number of hydrogen-bond donors (Lipinski definition) is 1. The summed E-state index contributed by atoms with van der Waals surface area (Å²) in [5.41, 5.74) is 0. The van der Waals surface area contributed by atoms with Gasteiger partial charge in [-0.3, -0.25) is 4.79 Å². The number of nitrogens with two attached hydrogens (primary N) is 1. The third-order valence-electron chi connectivity index (χ3n) is 2.54. The molecular formula is C8H16BrN3O3S. The van der Waals surface area contributed by atoms with Crippen LogP contribution in [-0.4, -0.2) is 54.5 Å². The molecule has 1 saturated heterocycles. The van der Waals surface area contributed by atoms with Crippen LogP contribution < -0.4 is 5.14 Å². The standard InChI is InChI=1S/C8H16BrN3O3S/c1-2-7(9)8(13)11-3-5-12(6-4-11)16(10,14)15/h7H,2-6H2,1H3,(H2,10,14,15). The lowest BCUT2D eigenvalue weighted by molar-refractivity contribution is -0.131. The summed E-state index contributed by atoms with van der Waals surface area (Å²) in [6.07, 6.45) is 0.717. The third-order valence-corrected chi connectivity index (χ3v) is 4.66. The maximum atomic E-state index is 11.8. The lowest BCUT2D eigenvalue weighted by atomic mass is 10.2. The second-order valence-corrected chi connectivity index (χ2v) is 6.30. The fraction of sp³-hybridized carbons (Fsp3) is 0.875. The quantitative estimate of drug-likeness (QED) is 0.713. The molecule has 94 valence electrons. The zero-order chi connectivity index (χ0) is 12.3. The highest BCUT2D eigenvalue weighted by Gasteiger charge is 2.28. The zero-order valence-electron chi connectivity index (χ0n) is 9.10. The molecule has 0 aliphatic carbocycles. The van der Waals surface area contributed by atoms with E-state index >= 15 is 0 Å². The maximum Gasteiger partial charge on any atom is 0.277 e. The van der Waals surface area contributed by atoms with Crippen LogP contribution in [0.25, 0.3) is 0 Å². The van der Waals surface area contributed by atoms with Gasteiger partial charge in [-0.15, -0.1) is 0 Å². The highest BCUT2D eigenvalue weighted by atomic mass is 79.9. The topological polar surface area (TPSA) is 83.7 Å². The molecule has 0 saturated carbocycles. The van der Waals surface area contributed by atoms with Crippen molar-refractivity contribution in [3.05, 3.63) is 0 Å². The van der Waals surface area contributed by atoms with Gasteiger partial charge in [-0.05, 0) is 6.42 Å². The number of rotatable bonds is 3. The Hall–Kier alpha value is -0.180. The summed E-state index contributed by atoms with van der Waals surface area (Å²) in [7, 11) is -3.62. The Balaban J connectivity index is 2.53. The normalized spacial score (nSPS) is 20.8. The predicted octanol–water partition coefficient (Wildman–Crippen LogP) is -0.492. The van der Waals surface area contributed by atoms with Crippen molar-refractivity contribution in [2.45, 2.75) is 18.2 Å². The highest BCUT2D eigenvalue weighted by Crippen LogP contribution is 2.12. The lowest BCUT2D eigenvalue weighted by Crippen LogP contribution is -2.53. The molecule has 16 heavy (non-hydrogen) atoms. The molecule has 1 heterocycles. The van der Waals surface area contributed by atoms with Gasteiger partial charge in [-0.25, -0.2) is 5.14 Å². The minimum Gasteiger partial charge on any atom is -0.339 e. The summed E-state index contributed by atoms with van der Waals surface area (Å²) in [5, 5.41) is 5.00. The molecular weight excluding hydrogens is 298 g/mol. The van der Waals surface area contributed by atoms with E-state index in [2.05, 4.69) is 15.9 Å². The van der Waals surface area contributed by atoms with Gasteiger partial charge in [0.05, 0.1) is 4.83 Å². The molecule has 1 aliphatic rings. The first-order valence-corrected chi connectivity index (χ1v) is 7.49. The predicted molar refractivity (Wildman–Crippen MR) is 64.3 cm³/mol. The first kappa shape index (κ1) is 13.9. The molecule has 0 aromatic carbocycles. The number of hydrogen-bond acceptors (Lipinski definition) is 3. The number of nitrogens with zero attached hydrogens (tertiary/aromatic N) is 2. The zero-order valence-corrected chi connectivity index (χ0v) is 11.5. The van der Waals surface area contributed by atoms with Crippen LogP contribution in [0.1, 0.15) is 13.3 Å². The van der Waals surface area contributed by atoms with Gasteiger partial charge in [0.25, 0.3) is 10.2 Å². The second kappa shape index (κ2) is 5.44. The first-order chi connectivity index (χ1) is 7.36. The molecule has 6 nitrogen and oxygen atoms in total. The van der Waals surface area contributed by atoms with Crippen LogP contribution in [0.4, 0.5) is 0 Å². The molecule has 2 N–H and O–H groups in total. The molecule has 0 spiro atoms. The number of alkyl halides is 1. The lowest BCUT2D eigenvalue weighted by Gasteiger charge is -2.33. The Morgan fingerprint density at radius 1 is 1.38 bits per heavy atom. The summed E-state index contributed by atoms with van der Waals surface area (Å²) in [4.78, 5) is 13.2. The summed E-state index contributed by atoms with van der Waals surface area (Å²) in [5.74, 6) is 0.0107. The van der Waals surface area contributed by atoms with Crippen molar-refractivity contribution in [1.82, 2.24) is 9.21 Å². The summed E-state index contributed by atoms with van der Waals surface area (Å²) >= 11 is 3.28. The van der Waals surface area contributed by atoms with Gasteiger partial charge in [0, 0.05) is 26.2 Å². The fourth-order valence-electron chi connectivity index (χ4n) is 1.54. The largest absolute Gasteiger partial charge is 0.339 e. The van der Waals surface area contributed by atoms with E-state index < -0.39 is 10.2 Å². The van der Waals surface area contributed by atoms with E-state index in [-0.39, 0.29) is 23.8 Å². The number of carbonyl (C=O) groups excluding carboxylic acids is 1. The Kier molecular flexibility index (Phi) is 4.72. The van der Waals surface area contributed by atoms with Crippen molar-refractivity contribution in [2.75, 3.05) is 26.2 Å². The Morgan fingerprint density at radius 3 is 2.25 bits per heavy atom. The molecule has 0 bridgehead atoms. The SMILES string of the molecule is CCC(Br)C(=O)N1CCN(S(N)(=O)=O)CC1. The van der Waals surface area contributed by atoms with Crippen LogP contribution in [0.3, 0.4) is 0 Å². The van der Waals surface area contributed by atoms with Gasteiger partial charge in [0.15, 0.2) is 0 Å². The third kappa shape index (κ3) is 3.41. The Morgan fingerprint density at radius 2 is 1.88 bits per heavy atom.